The molecule has 4 rings (SSSR count). The van der Waals surface area contributed by atoms with Crippen LogP contribution in [0.4, 0.5) is 5.69 Å². The Morgan fingerprint density at radius 3 is 2.28 bits per heavy atom. The van der Waals surface area contributed by atoms with Crippen LogP contribution < -0.4 is 4.90 Å². The van der Waals surface area contributed by atoms with Gasteiger partial charge in [-0.1, -0.05) is 79.5 Å². The van der Waals surface area contributed by atoms with Gasteiger partial charge in [-0.3, -0.25) is 14.5 Å². The third kappa shape index (κ3) is 3.94. The lowest BCUT2D eigenvalue weighted by molar-refractivity contribution is -0.132. The predicted octanol–water partition coefficient (Wildman–Crippen LogP) is 6.40. The fourth-order valence-electron chi connectivity index (χ4n) is 4.07. The van der Waals surface area contributed by atoms with Crippen molar-refractivity contribution in [3.05, 3.63) is 106 Å². The van der Waals surface area contributed by atoms with Gasteiger partial charge < -0.3 is 5.11 Å². The molecule has 32 heavy (non-hydrogen) atoms. The van der Waals surface area contributed by atoms with Crippen LogP contribution in [0, 0.1) is 6.92 Å². The number of ketones is 1. The molecule has 1 atom stereocenters. The molecule has 3 aromatic rings. The van der Waals surface area contributed by atoms with Crippen molar-refractivity contribution >= 4 is 34.7 Å². The Morgan fingerprint density at radius 1 is 0.969 bits per heavy atom. The highest BCUT2D eigenvalue weighted by atomic mass is 35.5. The second kappa shape index (κ2) is 8.64. The summed E-state index contributed by atoms with van der Waals surface area (Å²) in [6.45, 7) is 6.14. The number of nitrogens with zero attached hydrogens (tertiary/aromatic N) is 1. The number of halogens is 1. The third-order valence-electron chi connectivity index (χ3n) is 5.74. The van der Waals surface area contributed by atoms with Gasteiger partial charge in [0.1, 0.15) is 5.76 Å². The van der Waals surface area contributed by atoms with Crippen molar-refractivity contribution in [1.29, 1.82) is 0 Å². The fraction of sp³-hybridized carbons (Fsp3) is 0.185. The molecule has 0 aliphatic carbocycles. The number of carbonyl (C=O) groups is 2. The quantitative estimate of drug-likeness (QED) is 0.287. The van der Waals surface area contributed by atoms with Crippen molar-refractivity contribution in [1.82, 2.24) is 0 Å². The van der Waals surface area contributed by atoms with Gasteiger partial charge >= 0.3 is 0 Å². The Labute approximate surface area is 192 Å². The van der Waals surface area contributed by atoms with E-state index in [1.54, 1.807) is 24.3 Å². The Balaban J connectivity index is 1.92. The second-order valence-electron chi connectivity index (χ2n) is 8.34. The molecule has 1 aliphatic heterocycles. The lowest BCUT2D eigenvalue weighted by Crippen LogP contribution is -2.29. The first-order valence-corrected chi connectivity index (χ1v) is 10.9. The molecule has 0 radical (unpaired) electrons. The maximum absolute atomic E-state index is 13.2. The van der Waals surface area contributed by atoms with Crippen molar-refractivity contribution in [2.75, 3.05) is 4.90 Å². The molecule has 1 unspecified atom stereocenters. The van der Waals surface area contributed by atoms with E-state index in [-0.39, 0.29) is 11.3 Å². The first-order chi connectivity index (χ1) is 15.3. The second-order valence-corrected chi connectivity index (χ2v) is 8.78. The Morgan fingerprint density at radius 2 is 1.66 bits per heavy atom. The molecule has 1 saturated heterocycles. The largest absolute Gasteiger partial charge is 0.507 e. The van der Waals surface area contributed by atoms with Gasteiger partial charge in [-0.25, -0.2) is 0 Å². The van der Waals surface area contributed by atoms with Gasteiger partial charge in [0.25, 0.3) is 11.7 Å². The van der Waals surface area contributed by atoms with E-state index >= 15 is 0 Å². The molecule has 0 saturated carbocycles. The summed E-state index contributed by atoms with van der Waals surface area (Å²) in [5.41, 5.74) is 3.93. The van der Waals surface area contributed by atoms with Gasteiger partial charge in [0.15, 0.2) is 0 Å². The predicted molar refractivity (Wildman–Crippen MR) is 128 cm³/mol. The molecule has 1 fully saturated rings. The van der Waals surface area contributed by atoms with E-state index in [4.69, 9.17) is 11.6 Å². The average Bonchev–Trinajstić information content (AvgIpc) is 3.04. The van der Waals surface area contributed by atoms with E-state index in [2.05, 4.69) is 13.8 Å². The van der Waals surface area contributed by atoms with E-state index in [9.17, 15) is 14.7 Å². The van der Waals surface area contributed by atoms with Crippen molar-refractivity contribution in [3.8, 4) is 0 Å². The summed E-state index contributed by atoms with van der Waals surface area (Å²) in [5.74, 6) is -1.28. The zero-order chi connectivity index (χ0) is 23.0. The number of benzene rings is 3. The number of amides is 1. The number of aliphatic hydroxyl groups excluding tert-OH is 1. The minimum absolute atomic E-state index is 0.0517. The maximum Gasteiger partial charge on any atom is 0.300 e. The first kappa shape index (κ1) is 21.8. The van der Waals surface area contributed by atoms with Crippen LogP contribution in [0.15, 0.2) is 78.4 Å². The number of rotatable bonds is 4. The molecule has 3 aromatic carbocycles. The molecule has 0 spiro atoms. The lowest BCUT2D eigenvalue weighted by atomic mass is 9.94. The van der Waals surface area contributed by atoms with Crippen LogP contribution in [-0.2, 0) is 9.59 Å². The van der Waals surface area contributed by atoms with E-state index in [1.165, 1.54) is 4.90 Å². The van der Waals surface area contributed by atoms with E-state index in [0.29, 0.717) is 22.2 Å². The van der Waals surface area contributed by atoms with Crippen molar-refractivity contribution in [2.45, 2.75) is 32.7 Å². The van der Waals surface area contributed by atoms with E-state index in [0.717, 1.165) is 16.7 Å². The van der Waals surface area contributed by atoms with Crippen LogP contribution in [-0.4, -0.2) is 16.8 Å². The van der Waals surface area contributed by atoms with Gasteiger partial charge in [0.05, 0.1) is 11.6 Å². The number of anilines is 1. The summed E-state index contributed by atoms with van der Waals surface area (Å²) in [7, 11) is 0. The van der Waals surface area contributed by atoms with Crippen LogP contribution in [0.25, 0.3) is 5.76 Å². The zero-order valence-corrected chi connectivity index (χ0v) is 18.9. The topological polar surface area (TPSA) is 57.6 Å². The van der Waals surface area contributed by atoms with Gasteiger partial charge in [0.2, 0.25) is 0 Å². The normalized spacial score (nSPS) is 17.9. The molecular weight excluding hydrogens is 422 g/mol. The molecule has 0 bridgehead atoms. The number of hydrogen-bond donors (Lipinski definition) is 1. The van der Waals surface area contributed by atoms with Crippen molar-refractivity contribution in [3.63, 3.8) is 0 Å². The van der Waals surface area contributed by atoms with Gasteiger partial charge in [-0.05, 0) is 48.2 Å². The van der Waals surface area contributed by atoms with E-state index in [1.807, 2.05) is 55.5 Å². The summed E-state index contributed by atoms with van der Waals surface area (Å²) in [6, 6.07) is 21.1. The first-order valence-electron chi connectivity index (χ1n) is 10.5. The van der Waals surface area contributed by atoms with Gasteiger partial charge in [-0.2, -0.15) is 0 Å². The standard InChI is InChI=1S/C27H24ClNO3/c1-16(2)18-10-12-22(13-11-18)29-24(19-7-4-6-17(3)14-19)23(26(31)27(29)32)25(30)20-8-5-9-21(28)15-20/h4-16,24,30H,1-3H3/b25-23-. The highest BCUT2D eigenvalue weighted by Gasteiger charge is 2.47. The lowest BCUT2D eigenvalue weighted by Gasteiger charge is -2.26. The monoisotopic (exact) mass is 445 g/mol. The summed E-state index contributed by atoms with van der Waals surface area (Å²) < 4.78 is 0. The van der Waals surface area contributed by atoms with Crippen LogP contribution in [0.5, 0.6) is 0 Å². The molecule has 4 nitrogen and oxygen atoms in total. The molecule has 0 aromatic heterocycles. The Hall–Kier alpha value is -3.37. The molecule has 1 amide bonds. The smallest absolute Gasteiger partial charge is 0.300 e. The maximum atomic E-state index is 13.2. The highest BCUT2D eigenvalue weighted by molar-refractivity contribution is 6.51. The molecule has 5 heteroatoms. The van der Waals surface area contributed by atoms with Crippen molar-refractivity contribution < 1.29 is 14.7 Å². The highest BCUT2D eigenvalue weighted by Crippen LogP contribution is 2.42. The van der Waals surface area contributed by atoms with Crippen LogP contribution in [0.3, 0.4) is 0 Å². The van der Waals surface area contributed by atoms with E-state index < -0.39 is 17.7 Å². The summed E-state index contributed by atoms with van der Waals surface area (Å²) in [6.07, 6.45) is 0. The van der Waals surface area contributed by atoms with Crippen LogP contribution in [0.1, 0.15) is 48.1 Å². The molecular formula is C27H24ClNO3. The minimum atomic E-state index is -0.751. The van der Waals surface area contributed by atoms with Crippen LogP contribution >= 0.6 is 11.6 Å². The number of aryl methyl sites for hydroxylation is 1. The third-order valence-corrected chi connectivity index (χ3v) is 5.97. The van der Waals surface area contributed by atoms with Gasteiger partial charge in [-0.15, -0.1) is 0 Å². The molecule has 162 valence electrons. The van der Waals surface area contributed by atoms with Crippen molar-refractivity contribution in [2.24, 2.45) is 0 Å². The number of Topliss-reactive ketones (excluding diaryl/α,β-unsaturated/α-hetero) is 1. The average molecular weight is 446 g/mol. The SMILES string of the molecule is Cc1cccc(C2/C(=C(/O)c3cccc(Cl)c3)C(=O)C(=O)N2c2ccc(C(C)C)cc2)c1. The number of aliphatic hydroxyl groups is 1. The molecule has 1 aliphatic rings. The number of hydrogen-bond acceptors (Lipinski definition) is 3. The zero-order valence-electron chi connectivity index (χ0n) is 18.2. The summed E-state index contributed by atoms with van der Waals surface area (Å²) in [5, 5.41) is 11.6. The summed E-state index contributed by atoms with van der Waals surface area (Å²) >= 11 is 6.10. The number of carbonyl (C=O) groups excluding carboxylic acids is 2. The van der Waals surface area contributed by atoms with Gasteiger partial charge in [0, 0.05) is 16.3 Å². The Bertz CT molecular complexity index is 1230. The molecule has 1 heterocycles. The minimum Gasteiger partial charge on any atom is -0.507 e. The fourth-order valence-corrected chi connectivity index (χ4v) is 4.26. The summed E-state index contributed by atoms with van der Waals surface area (Å²) in [4.78, 5) is 27.9. The Kier molecular flexibility index (Phi) is 5.90. The molecule has 1 N–H and O–H groups in total. The van der Waals surface area contributed by atoms with Crippen LogP contribution in [0.2, 0.25) is 5.02 Å².